The summed E-state index contributed by atoms with van der Waals surface area (Å²) in [4.78, 5) is 6.31. The molecule has 2 aromatic rings. The Morgan fingerprint density at radius 2 is 2.14 bits per heavy atom. The molecule has 0 spiro atoms. The molecule has 4 aliphatic rings. The van der Waals surface area contributed by atoms with Crippen LogP contribution < -0.4 is 0 Å². The van der Waals surface area contributed by atoms with Crippen LogP contribution in [-0.4, -0.2) is 29.0 Å². The van der Waals surface area contributed by atoms with Gasteiger partial charge in [0.25, 0.3) is 0 Å². The third kappa shape index (κ3) is 1.51. The van der Waals surface area contributed by atoms with Gasteiger partial charge in [-0.1, -0.05) is 18.2 Å². The highest BCUT2D eigenvalue weighted by Gasteiger charge is 2.49. The van der Waals surface area contributed by atoms with Crippen molar-refractivity contribution in [2.24, 2.45) is 11.8 Å². The zero-order valence-electron chi connectivity index (χ0n) is 12.0. The predicted molar refractivity (Wildman–Crippen MR) is 81.9 cm³/mol. The summed E-state index contributed by atoms with van der Waals surface area (Å²) in [6.07, 6.45) is 3.50. The van der Waals surface area contributed by atoms with E-state index in [-0.39, 0.29) is 5.92 Å². The Balaban J connectivity index is 1.71. The van der Waals surface area contributed by atoms with Gasteiger partial charge in [-0.3, -0.25) is 4.90 Å². The van der Waals surface area contributed by atoms with Crippen LogP contribution in [0.2, 0.25) is 0 Å². The smallest absolute Gasteiger partial charge is 0.0672 e. The van der Waals surface area contributed by atoms with Crippen molar-refractivity contribution in [3.8, 4) is 6.07 Å². The fourth-order valence-electron chi connectivity index (χ4n) is 5.21. The first-order chi connectivity index (χ1) is 10.3. The van der Waals surface area contributed by atoms with E-state index in [1.807, 2.05) is 0 Å². The lowest BCUT2D eigenvalue weighted by Crippen LogP contribution is -2.55. The molecule has 1 unspecified atom stereocenters. The lowest BCUT2D eigenvalue weighted by Gasteiger charge is -2.51. The van der Waals surface area contributed by atoms with Gasteiger partial charge in [0, 0.05) is 41.6 Å². The minimum atomic E-state index is 0.222. The molecular formula is C18H19N3. The summed E-state index contributed by atoms with van der Waals surface area (Å²) in [5.41, 5.74) is 4.22. The van der Waals surface area contributed by atoms with Crippen molar-refractivity contribution in [3.63, 3.8) is 0 Å². The Morgan fingerprint density at radius 3 is 3.05 bits per heavy atom. The normalized spacial score (nSPS) is 37.0. The monoisotopic (exact) mass is 277 g/mol. The molecule has 3 nitrogen and oxygen atoms in total. The highest BCUT2D eigenvalue weighted by molar-refractivity contribution is 5.85. The molecule has 2 saturated heterocycles. The molecule has 3 aliphatic heterocycles. The molecule has 1 aromatic heterocycles. The average Bonchev–Trinajstić information content (AvgIpc) is 2.86. The molecule has 6 rings (SSSR count). The molecular weight excluding hydrogens is 258 g/mol. The largest absolute Gasteiger partial charge is 0.358 e. The highest BCUT2D eigenvalue weighted by Crippen LogP contribution is 2.49. The molecule has 21 heavy (non-hydrogen) atoms. The van der Waals surface area contributed by atoms with E-state index in [4.69, 9.17) is 0 Å². The second kappa shape index (κ2) is 4.11. The number of hydrogen-bond donors (Lipinski definition) is 1. The fraction of sp³-hybridized carbons (Fsp3) is 0.500. The van der Waals surface area contributed by atoms with Crippen molar-refractivity contribution in [2.75, 3.05) is 13.1 Å². The van der Waals surface area contributed by atoms with Crippen molar-refractivity contribution in [3.05, 3.63) is 35.5 Å². The van der Waals surface area contributed by atoms with Crippen LogP contribution in [0, 0.1) is 23.2 Å². The topological polar surface area (TPSA) is 42.8 Å². The third-order valence-electron chi connectivity index (χ3n) is 5.95. The number of hydrogen-bond acceptors (Lipinski definition) is 2. The van der Waals surface area contributed by atoms with E-state index < -0.39 is 0 Å². The van der Waals surface area contributed by atoms with Crippen molar-refractivity contribution in [2.45, 2.75) is 31.2 Å². The Kier molecular flexibility index (Phi) is 2.32. The molecule has 4 heterocycles. The molecule has 3 heteroatoms. The van der Waals surface area contributed by atoms with E-state index in [0.29, 0.717) is 17.9 Å². The number of rotatable bonds is 0. The molecule has 1 N–H and O–H groups in total. The summed E-state index contributed by atoms with van der Waals surface area (Å²) < 4.78 is 0. The number of aromatic nitrogens is 1. The van der Waals surface area contributed by atoms with Gasteiger partial charge in [0.15, 0.2) is 0 Å². The second-order valence-electron chi connectivity index (χ2n) is 6.98. The minimum Gasteiger partial charge on any atom is -0.358 e. The van der Waals surface area contributed by atoms with E-state index in [9.17, 15) is 5.26 Å². The first-order valence-electron chi connectivity index (χ1n) is 8.08. The third-order valence-corrected chi connectivity index (χ3v) is 5.95. The highest BCUT2D eigenvalue weighted by atomic mass is 15.2. The molecule has 1 saturated carbocycles. The molecule has 106 valence electrons. The van der Waals surface area contributed by atoms with Gasteiger partial charge in [-0.15, -0.1) is 0 Å². The number of para-hydroxylation sites is 1. The summed E-state index contributed by atoms with van der Waals surface area (Å²) in [6, 6.07) is 11.7. The van der Waals surface area contributed by atoms with Gasteiger partial charge >= 0.3 is 0 Å². The van der Waals surface area contributed by atoms with Crippen molar-refractivity contribution >= 4 is 10.9 Å². The van der Waals surface area contributed by atoms with E-state index in [1.165, 1.54) is 35.1 Å². The average molecular weight is 277 g/mol. The van der Waals surface area contributed by atoms with Crippen LogP contribution in [0.3, 0.4) is 0 Å². The van der Waals surface area contributed by atoms with Crippen LogP contribution in [0.1, 0.15) is 30.0 Å². The van der Waals surface area contributed by atoms with Crippen LogP contribution in [0.5, 0.6) is 0 Å². The number of H-pyrrole nitrogens is 1. The van der Waals surface area contributed by atoms with Crippen LogP contribution in [0.15, 0.2) is 24.3 Å². The molecule has 0 radical (unpaired) electrons. The predicted octanol–water partition coefficient (Wildman–Crippen LogP) is 3.04. The first-order valence-corrected chi connectivity index (χ1v) is 8.08. The van der Waals surface area contributed by atoms with Crippen LogP contribution in [0.4, 0.5) is 0 Å². The van der Waals surface area contributed by atoms with E-state index >= 15 is 0 Å². The number of fused-ring (bicyclic) bond motifs is 4. The standard InChI is InChI=1S/C18H19N3/c19-9-12-7-11-8-15-17-14(5-6-21(10-11)18(12)15)13-3-1-2-4-16(13)20-17/h1-4,11-12,15,18,20H,5-8,10H2/t11-,12+,15+,18+/m1/s1. The van der Waals surface area contributed by atoms with Crippen LogP contribution >= 0.6 is 0 Å². The molecule has 4 bridgehead atoms. The Morgan fingerprint density at radius 1 is 1.24 bits per heavy atom. The van der Waals surface area contributed by atoms with Crippen molar-refractivity contribution < 1.29 is 0 Å². The van der Waals surface area contributed by atoms with E-state index in [2.05, 4.69) is 40.2 Å². The molecule has 5 atom stereocenters. The number of benzene rings is 1. The maximum atomic E-state index is 9.56. The van der Waals surface area contributed by atoms with Gasteiger partial charge in [0.1, 0.15) is 0 Å². The summed E-state index contributed by atoms with van der Waals surface area (Å²) in [5, 5.41) is 11.0. The zero-order chi connectivity index (χ0) is 14.0. The molecule has 0 amide bonds. The van der Waals surface area contributed by atoms with Gasteiger partial charge in [-0.25, -0.2) is 0 Å². The van der Waals surface area contributed by atoms with Gasteiger partial charge in [-0.05, 0) is 36.8 Å². The first kappa shape index (κ1) is 11.8. The minimum absolute atomic E-state index is 0.222. The number of nitrogens with zero attached hydrogens (tertiary/aromatic N) is 2. The number of nitrogens with one attached hydrogen (secondary N) is 1. The number of nitriles is 1. The van der Waals surface area contributed by atoms with Gasteiger partial charge in [0.2, 0.25) is 0 Å². The van der Waals surface area contributed by atoms with E-state index in [1.54, 1.807) is 0 Å². The van der Waals surface area contributed by atoms with Gasteiger partial charge in [0.05, 0.1) is 12.0 Å². The summed E-state index contributed by atoms with van der Waals surface area (Å²) >= 11 is 0. The van der Waals surface area contributed by atoms with E-state index in [0.717, 1.165) is 19.4 Å². The number of aromatic amines is 1. The SMILES string of the molecule is N#C[C@@H]1C[C@@H]2C[C@H]3c4[nH]c5ccccc5c4CCN(C2)[C@@H]13. The van der Waals surface area contributed by atoms with Crippen molar-refractivity contribution in [1.29, 1.82) is 5.26 Å². The zero-order valence-corrected chi connectivity index (χ0v) is 12.0. The Labute approximate surface area is 124 Å². The summed E-state index contributed by atoms with van der Waals surface area (Å²) in [7, 11) is 0. The van der Waals surface area contributed by atoms with Crippen LogP contribution in [-0.2, 0) is 6.42 Å². The van der Waals surface area contributed by atoms with Gasteiger partial charge in [-0.2, -0.15) is 5.26 Å². The lowest BCUT2D eigenvalue weighted by molar-refractivity contribution is 0.00769. The Bertz CT molecular complexity index is 753. The van der Waals surface area contributed by atoms with Crippen molar-refractivity contribution in [1.82, 2.24) is 9.88 Å². The second-order valence-corrected chi connectivity index (χ2v) is 6.98. The quantitative estimate of drug-likeness (QED) is 0.804. The Hall–Kier alpha value is -1.79. The van der Waals surface area contributed by atoms with Crippen LogP contribution in [0.25, 0.3) is 10.9 Å². The summed E-state index contributed by atoms with van der Waals surface area (Å²) in [6.45, 7) is 2.33. The summed E-state index contributed by atoms with van der Waals surface area (Å²) in [5.74, 6) is 1.47. The molecule has 1 aromatic carbocycles. The fourth-order valence-corrected chi connectivity index (χ4v) is 5.21. The maximum Gasteiger partial charge on any atom is 0.0672 e. The molecule has 3 fully saturated rings. The molecule has 1 aliphatic carbocycles. The maximum absolute atomic E-state index is 9.56. The number of piperidine rings is 2. The lowest BCUT2D eigenvalue weighted by atomic mass is 9.66. The van der Waals surface area contributed by atoms with Gasteiger partial charge < -0.3 is 4.98 Å².